The molecule has 36 heteroatoms. The van der Waals surface area contributed by atoms with E-state index in [4.69, 9.17) is 0 Å². The van der Waals surface area contributed by atoms with Crippen molar-refractivity contribution in [1.82, 2.24) is 16.0 Å². The van der Waals surface area contributed by atoms with Gasteiger partial charge < -0.3 is 16.0 Å². The molecule has 10 fully saturated rings. The van der Waals surface area contributed by atoms with Crippen LogP contribution in [0.4, 0.5) is 82.9 Å². The zero-order chi connectivity index (χ0) is 72.0. The van der Waals surface area contributed by atoms with E-state index in [2.05, 4.69) is 32.3 Å². The first-order valence-electron chi connectivity index (χ1n) is 30.4. The topological polar surface area (TPSA) is 260 Å². The number of rotatable bonds is 16. The van der Waals surface area contributed by atoms with Crippen LogP contribution in [0.3, 0.4) is 0 Å². The SMILES string of the molecule is CC(C)(C)S(=O)(=O)Nc1ccc(C(F)(F)F)cc1C(=O)NC12CC(C(F)(F)F)(C1)C2.CC(F)(F)C12CCC(NC(=O)c3ccc(C(F)(F)F)cc3NS(=O)(=O)C3CCS(=O)(=O)CC3)(CC1)CC2.CC12CCC(NC(=O)c3ccc(F)cc3NS(=O)(=O)CCC(F)(F)F)(CC1)CC2. The summed E-state index contributed by atoms with van der Waals surface area (Å²) in [6.45, 7) is 7.20. The zero-order valence-corrected chi connectivity index (χ0v) is 55.7. The molecule has 538 valence electrons. The van der Waals surface area contributed by atoms with E-state index in [-0.39, 0.29) is 110 Å². The normalized spacial score (nSPS) is 27.4. The Kier molecular flexibility index (Phi) is 20.1. The highest BCUT2D eigenvalue weighted by Gasteiger charge is 2.79. The van der Waals surface area contributed by atoms with Gasteiger partial charge in [-0.1, -0.05) is 6.92 Å². The number of anilines is 3. The molecule has 6 N–H and O–H groups in total. The Hall–Kier alpha value is -5.78. The molecule has 0 unspecified atom stereocenters. The van der Waals surface area contributed by atoms with E-state index in [9.17, 15) is 114 Å². The minimum atomic E-state index is -4.81. The number of amides is 3. The molecule has 17 nitrogen and oxygen atoms in total. The molecule has 13 rings (SSSR count). The predicted octanol–water partition coefficient (Wildman–Crippen LogP) is 13.3. The van der Waals surface area contributed by atoms with Crippen LogP contribution in [0, 0.1) is 22.1 Å². The van der Waals surface area contributed by atoms with Crippen molar-refractivity contribution >= 4 is 74.7 Å². The molecule has 3 amide bonds. The van der Waals surface area contributed by atoms with Gasteiger partial charge >= 0.3 is 24.7 Å². The lowest BCUT2D eigenvalue weighted by molar-refractivity contribution is -0.336. The van der Waals surface area contributed by atoms with Crippen LogP contribution in [-0.4, -0.2) is 114 Å². The third kappa shape index (κ3) is 16.9. The van der Waals surface area contributed by atoms with Gasteiger partial charge in [0, 0.05) is 22.0 Å². The van der Waals surface area contributed by atoms with Crippen molar-refractivity contribution in [2.75, 3.05) is 31.4 Å². The molecule has 0 radical (unpaired) electrons. The first kappa shape index (κ1) is 76.0. The van der Waals surface area contributed by atoms with Gasteiger partial charge in [0.2, 0.25) is 30.1 Å². The molecule has 0 atom stereocenters. The van der Waals surface area contributed by atoms with Gasteiger partial charge in [-0.25, -0.2) is 46.8 Å². The molecule has 3 aromatic rings. The van der Waals surface area contributed by atoms with Gasteiger partial charge in [-0.2, -0.15) is 52.7 Å². The van der Waals surface area contributed by atoms with Crippen LogP contribution in [0.2, 0.25) is 0 Å². The van der Waals surface area contributed by atoms with Gasteiger partial charge in [-0.15, -0.1) is 0 Å². The second-order valence-electron chi connectivity index (χ2n) is 28.2. The quantitative estimate of drug-likeness (QED) is 0.0735. The van der Waals surface area contributed by atoms with Gasteiger partial charge in [-0.05, 0) is 197 Å². The fourth-order valence-electron chi connectivity index (χ4n) is 13.7. The third-order valence-electron chi connectivity index (χ3n) is 20.1. The molecular formula is C60H73F15N6O11S4. The van der Waals surface area contributed by atoms with Crippen molar-refractivity contribution in [3.05, 3.63) is 88.2 Å². The summed E-state index contributed by atoms with van der Waals surface area (Å²) in [7, 11) is -16.2. The second kappa shape index (κ2) is 25.4. The van der Waals surface area contributed by atoms with Gasteiger partial charge in [-0.3, -0.25) is 28.5 Å². The van der Waals surface area contributed by atoms with E-state index in [1.807, 2.05) is 4.72 Å². The van der Waals surface area contributed by atoms with Crippen LogP contribution in [-0.2, 0) is 52.3 Å². The number of carbonyl (C=O) groups excluding carboxylic acids is 3. The summed E-state index contributed by atoms with van der Waals surface area (Å²) in [5.41, 5.74) is -9.75. The molecule has 6 bridgehead atoms. The van der Waals surface area contributed by atoms with E-state index < -0.39 is 161 Å². The van der Waals surface area contributed by atoms with E-state index in [1.54, 1.807) is 0 Å². The summed E-state index contributed by atoms with van der Waals surface area (Å²) in [6, 6.07) is 6.97. The monoisotopic (exact) mass is 1470 g/mol. The molecule has 9 aliphatic carbocycles. The minimum Gasteiger partial charge on any atom is -0.347 e. The lowest BCUT2D eigenvalue weighted by Gasteiger charge is -2.70. The zero-order valence-electron chi connectivity index (χ0n) is 52.4. The summed E-state index contributed by atoms with van der Waals surface area (Å²) in [6.07, 6.45) is -14.9. The number of hydrogen-bond donors (Lipinski definition) is 6. The number of sulfone groups is 1. The van der Waals surface area contributed by atoms with Crippen LogP contribution in [0.1, 0.15) is 192 Å². The fourth-order valence-corrected chi connectivity index (χ4v) is 18.9. The summed E-state index contributed by atoms with van der Waals surface area (Å²) in [5, 5.41) is 7.00. The number of halogens is 15. The number of benzene rings is 3. The Morgan fingerprint density at radius 1 is 0.510 bits per heavy atom. The largest absolute Gasteiger partial charge is 0.416 e. The van der Waals surface area contributed by atoms with E-state index in [0.717, 1.165) is 75.8 Å². The predicted molar refractivity (Wildman–Crippen MR) is 323 cm³/mol. The number of sulfonamides is 3. The second-order valence-corrected chi connectivity index (χ2v) is 36.7. The Labute approximate surface area is 545 Å². The molecule has 0 spiro atoms. The van der Waals surface area contributed by atoms with Gasteiger partial charge in [0.15, 0.2) is 0 Å². The Balaban J connectivity index is 0.000000186. The molecule has 96 heavy (non-hydrogen) atoms. The molecule has 9 saturated carbocycles. The van der Waals surface area contributed by atoms with E-state index >= 15 is 0 Å². The number of hydrogen-bond acceptors (Lipinski definition) is 11. The van der Waals surface area contributed by atoms with Crippen molar-refractivity contribution in [1.29, 1.82) is 0 Å². The number of alkyl halides is 14. The Morgan fingerprint density at radius 2 is 0.938 bits per heavy atom. The standard InChI is InChI=1S/C23H29F5N2O5S2.C19H24F4N2O3S.C18H20F6N2O3S/c1-20(24,25)21-6-9-22(10-7-21,11-8-21)29-19(31)17-3-2-15(23(26,27)28)14-18(17)30-37(34,35)16-4-12-36(32,33)13-5-16;1-17-4-7-18(8-5-17,9-6-17)24-16(26)14-3-2-13(20)12-15(14)25-29(27,28)11-10-19(21,22)23;1-14(2,3)30(28,29)26-12-5-4-10(17(19,20)21)6-11(12)13(27)25-16-7-15(8-16,9-16)18(22,23)24/h2-3,14,16,30H,4-13H2,1H3,(H,29,31);2-3,12,25H,4-11H2,1H3,(H,24,26);4-6,26H,7-9H2,1-3H3,(H,25,27). The molecule has 10 aliphatic rings. The highest BCUT2D eigenvalue weighted by atomic mass is 32.2. The van der Waals surface area contributed by atoms with Crippen LogP contribution < -0.4 is 30.1 Å². The number of nitrogens with one attached hydrogen (secondary N) is 6. The van der Waals surface area contributed by atoms with Gasteiger partial charge in [0.05, 0.1) is 84.0 Å². The Bertz CT molecular complexity index is 3900. The summed E-state index contributed by atoms with van der Waals surface area (Å²) >= 11 is 0. The highest BCUT2D eigenvalue weighted by Crippen LogP contribution is 2.73. The maximum Gasteiger partial charge on any atom is 0.416 e. The lowest BCUT2D eigenvalue weighted by Crippen LogP contribution is -2.78. The average Bonchev–Trinajstić information content (AvgIpc) is 0.667. The maximum atomic E-state index is 14.2. The molecule has 3 aromatic carbocycles. The summed E-state index contributed by atoms with van der Waals surface area (Å²) in [5.74, 6) is -8.07. The molecular weight excluding hydrogens is 1390 g/mol. The summed E-state index contributed by atoms with van der Waals surface area (Å²) < 4.78 is 300. The number of fused-ring (bicyclic) bond motifs is 6. The minimum absolute atomic E-state index is 0.115. The first-order chi connectivity index (χ1) is 43.5. The van der Waals surface area contributed by atoms with Crippen LogP contribution in [0.15, 0.2) is 54.6 Å². The van der Waals surface area contributed by atoms with Crippen molar-refractivity contribution in [2.24, 2.45) is 16.2 Å². The Morgan fingerprint density at radius 3 is 1.39 bits per heavy atom. The number of carbonyl (C=O) groups is 3. The lowest BCUT2D eigenvalue weighted by atomic mass is 9.39. The van der Waals surface area contributed by atoms with Crippen molar-refractivity contribution in [2.45, 2.75) is 207 Å². The van der Waals surface area contributed by atoms with Crippen LogP contribution >= 0.6 is 0 Å². The van der Waals surface area contributed by atoms with Gasteiger partial charge in [0.1, 0.15) is 15.7 Å². The van der Waals surface area contributed by atoms with Crippen LogP contribution in [0.25, 0.3) is 0 Å². The first-order valence-corrected chi connectivity index (χ1v) is 36.9. The maximum absolute atomic E-state index is 14.2. The fraction of sp³-hybridized carbons (Fsp3) is 0.650. The molecule has 1 saturated heterocycles. The summed E-state index contributed by atoms with van der Waals surface area (Å²) in [4.78, 5) is 38.8. The molecule has 1 aliphatic heterocycles. The van der Waals surface area contributed by atoms with E-state index in [1.165, 1.54) is 20.8 Å². The molecule has 0 aromatic heterocycles. The smallest absolute Gasteiger partial charge is 0.347 e. The van der Waals surface area contributed by atoms with Gasteiger partial charge in [0.25, 0.3) is 23.6 Å². The van der Waals surface area contributed by atoms with E-state index in [0.29, 0.717) is 29.7 Å². The van der Waals surface area contributed by atoms with Crippen molar-refractivity contribution in [3.8, 4) is 0 Å². The van der Waals surface area contributed by atoms with Crippen molar-refractivity contribution < 1.29 is 114 Å². The van der Waals surface area contributed by atoms with Crippen molar-refractivity contribution in [3.63, 3.8) is 0 Å². The third-order valence-corrected chi connectivity index (χ3v) is 27.1. The van der Waals surface area contributed by atoms with Crippen LogP contribution in [0.5, 0.6) is 0 Å². The molecule has 1 heterocycles. The average molecular weight is 1470 g/mol. The highest BCUT2D eigenvalue weighted by molar-refractivity contribution is 7.94.